The van der Waals surface area contributed by atoms with Gasteiger partial charge in [0.05, 0.1) is 18.4 Å². The van der Waals surface area contributed by atoms with Crippen LogP contribution < -0.4 is 0 Å². The summed E-state index contributed by atoms with van der Waals surface area (Å²) in [6.45, 7) is 0. The highest BCUT2D eigenvalue weighted by molar-refractivity contribution is 7.89. The van der Waals surface area contributed by atoms with E-state index >= 15 is 0 Å². The Morgan fingerprint density at radius 1 is 1.41 bits per heavy atom. The van der Waals surface area contributed by atoms with Crippen molar-refractivity contribution in [3.63, 3.8) is 0 Å². The fraction of sp³-hybridized carbons (Fsp3) is 0.200. The lowest BCUT2D eigenvalue weighted by atomic mass is 10.1. The quantitative estimate of drug-likeness (QED) is 0.447. The van der Waals surface area contributed by atoms with Crippen molar-refractivity contribution in [1.82, 2.24) is 0 Å². The maximum absolute atomic E-state index is 11.4. The summed E-state index contributed by atoms with van der Waals surface area (Å²) >= 11 is 0. The first-order valence-corrected chi connectivity index (χ1v) is 6.09. The molecule has 6 nitrogen and oxygen atoms in total. The number of hydrogen-bond acceptors (Lipinski definition) is 5. The maximum atomic E-state index is 11.4. The lowest BCUT2D eigenvalue weighted by molar-refractivity contribution is 0.0600. The van der Waals surface area contributed by atoms with Gasteiger partial charge in [0, 0.05) is 0 Å². The molecular formula is C10H9NO5S. The minimum Gasteiger partial charge on any atom is -0.465 e. The van der Waals surface area contributed by atoms with E-state index in [-0.39, 0.29) is 11.1 Å². The first-order valence-electron chi connectivity index (χ1n) is 4.48. The minimum absolute atomic E-state index is 0.125. The summed E-state index contributed by atoms with van der Waals surface area (Å²) in [7, 11) is -2.76. The number of carbonyl (C=O) groups is 1. The number of rotatable bonds is 4. The standard InChI is InChI=1S/C10H9NO5S/c1-16-10(13)9-5-3-2-4-8(9)6-17(14,15)11-7-12/h2-5H,6H2,1H3. The van der Waals surface area contributed by atoms with Crippen LogP contribution in [0.5, 0.6) is 0 Å². The summed E-state index contributed by atoms with van der Waals surface area (Å²) in [5, 5.41) is 0. The number of methoxy groups -OCH3 is 1. The molecule has 1 aromatic rings. The molecular weight excluding hydrogens is 246 g/mol. The Morgan fingerprint density at radius 3 is 2.65 bits per heavy atom. The van der Waals surface area contributed by atoms with Crippen molar-refractivity contribution in [3.8, 4) is 0 Å². The predicted octanol–water partition coefficient (Wildman–Crippen LogP) is 0.639. The number of hydrogen-bond donors (Lipinski definition) is 0. The molecule has 0 aliphatic rings. The smallest absolute Gasteiger partial charge is 0.338 e. The second kappa shape index (κ2) is 5.38. The van der Waals surface area contributed by atoms with E-state index in [1.54, 1.807) is 12.1 Å². The Kier molecular flexibility index (Phi) is 4.14. The summed E-state index contributed by atoms with van der Waals surface area (Å²) in [6, 6.07) is 6.03. The van der Waals surface area contributed by atoms with Crippen molar-refractivity contribution in [2.75, 3.05) is 7.11 Å². The van der Waals surface area contributed by atoms with E-state index in [4.69, 9.17) is 0 Å². The highest BCUT2D eigenvalue weighted by atomic mass is 32.2. The SMILES string of the molecule is COC(=O)c1ccccc1CS(=O)(=O)N=C=O. The van der Waals surface area contributed by atoms with Gasteiger partial charge >= 0.3 is 5.97 Å². The van der Waals surface area contributed by atoms with Crippen LogP contribution in [0.15, 0.2) is 28.7 Å². The molecule has 1 rings (SSSR count). The van der Waals surface area contributed by atoms with E-state index in [0.29, 0.717) is 0 Å². The fourth-order valence-electron chi connectivity index (χ4n) is 1.24. The molecule has 0 heterocycles. The molecule has 0 saturated heterocycles. The first kappa shape index (κ1) is 13.1. The van der Waals surface area contributed by atoms with Crippen LogP contribution in [0.1, 0.15) is 15.9 Å². The van der Waals surface area contributed by atoms with Gasteiger partial charge < -0.3 is 4.74 Å². The van der Waals surface area contributed by atoms with E-state index in [1.165, 1.54) is 19.2 Å². The van der Waals surface area contributed by atoms with Crippen LogP contribution in [0.25, 0.3) is 0 Å². The molecule has 0 radical (unpaired) electrons. The zero-order valence-electron chi connectivity index (χ0n) is 8.91. The molecule has 7 heteroatoms. The highest BCUT2D eigenvalue weighted by Gasteiger charge is 2.17. The summed E-state index contributed by atoms with van der Waals surface area (Å²) in [5.41, 5.74) is 0.345. The number of esters is 1. The van der Waals surface area contributed by atoms with E-state index in [0.717, 1.165) is 6.08 Å². The lowest BCUT2D eigenvalue weighted by Crippen LogP contribution is -2.09. The van der Waals surface area contributed by atoms with Crippen LogP contribution in [0, 0.1) is 0 Å². The van der Waals surface area contributed by atoms with Crippen molar-refractivity contribution in [2.24, 2.45) is 4.40 Å². The summed E-state index contributed by atoms with van der Waals surface area (Å²) in [5.74, 6) is -1.20. The first-order chi connectivity index (χ1) is 8.00. The topological polar surface area (TPSA) is 89.9 Å². The third kappa shape index (κ3) is 3.51. The average Bonchev–Trinajstić information content (AvgIpc) is 2.28. The molecule has 0 atom stereocenters. The summed E-state index contributed by atoms with van der Waals surface area (Å²) in [4.78, 5) is 21.3. The van der Waals surface area contributed by atoms with Crippen molar-refractivity contribution in [3.05, 3.63) is 35.4 Å². The molecule has 0 fully saturated rings. The third-order valence-corrected chi connectivity index (χ3v) is 2.97. The lowest BCUT2D eigenvalue weighted by Gasteiger charge is -2.05. The average molecular weight is 255 g/mol. The maximum Gasteiger partial charge on any atom is 0.338 e. The van der Waals surface area contributed by atoms with Gasteiger partial charge in [-0.2, -0.15) is 0 Å². The van der Waals surface area contributed by atoms with Crippen LogP contribution in [-0.2, 0) is 25.3 Å². The summed E-state index contributed by atoms with van der Waals surface area (Å²) in [6.07, 6.45) is 0.962. The Labute approximate surface area is 98.0 Å². The number of isocyanates is 1. The van der Waals surface area contributed by atoms with Crippen LogP contribution in [0.4, 0.5) is 0 Å². The Morgan fingerprint density at radius 2 is 2.06 bits per heavy atom. The number of ether oxygens (including phenoxy) is 1. The predicted molar refractivity (Wildman–Crippen MR) is 58.5 cm³/mol. The minimum atomic E-state index is -3.96. The zero-order chi connectivity index (χ0) is 12.9. The molecule has 0 spiro atoms. The van der Waals surface area contributed by atoms with Gasteiger partial charge in [0.1, 0.15) is 0 Å². The van der Waals surface area contributed by atoms with Crippen molar-refractivity contribution >= 4 is 22.1 Å². The van der Waals surface area contributed by atoms with Gasteiger partial charge in [-0.15, -0.1) is 0 Å². The molecule has 0 aromatic heterocycles. The number of carbonyl (C=O) groups excluding carboxylic acids is 2. The van der Waals surface area contributed by atoms with E-state index < -0.39 is 21.7 Å². The van der Waals surface area contributed by atoms with Crippen LogP contribution in [0.3, 0.4) is 0 Å². The second-order valence-corrected chi connectivity index (χ2v) is 4.69. The van der Waals surface area contributed by atoms with Gasteiger partial charge in [0.25, 0.3) is 16.1 Å². The highest BCUT2D eigenvalue weighted by Crippen LogP contribution is 2.14. The van der Waals surface area contributed by atoms with Gasteiger partial charge in [-0.25, -0.2) is 18.0 Å². The van der Waals surface area contributed by atoms with Crippen LogP contribution in [0.2, 0.25) is 0 Å². The van der Waals surface area contributed by atoms with Crippen LogP contribution in [-0.4, -0.2) is 27.6 Å². The van der Waals surface area contributed by atoms with E-state index in [1.807, 2.05) is 0 Å². The molecule has 0 saturated carbocycles. The second-order valence-electron chi connectivity index (χ2n) is 3.06. The van der Waals surface area contributed by atoms with Crippen molar-refractivity contribution in [1.29, 1.82) is 0 Å². The monoisotopic (exact) mass is 255 g/mol. The molecule has 0 bridgehead atoms. The van der Waals surface area contributed by atoms with Gasteiger partial charge in [-0.1, -0.05) is 22.6 Å². The van der Waals surface area contributed by atoms with E-state index in [2.05, 4.69) is 9.13 Å². The Balaban J connectivity index is 3.16. The fourth-order valence-corrected chi connectivity index (χ4v) is 2.06. The summed E-state index contributed by atoms with van der Waals surface area (Å²) < 4.78 is 29.8. The van der Waals surface area contributed by atoms with E-state index in [9.17, 15) is 18.0 Å². The van der Waals surface area contributed by atoms with Crippen LogP contribution >= 0.6 is 0 Å². The van der Waals surface area contributed by atoms with Crippen molar-refractivity contribution < 1.29 is 22.7 Å². The van der Waals surface area contributed by atoms with Gasteiger partial charge in [0.2, 0.25) is 0 Å². The number of sulfonamides is 1. The molecule has 0 amide bonds. The third-order valence-electron chi connectivity index (χ3n) is 1.94. The Hall–Kier alpha value is -1.98. The molecule has 17 heavy (non-hydrogen) atoms. The molecule has 0 unspecified atom stereocenters. The molecule has 0 aliphatic carbocycles. The molecule has 0 aliphatic heterocycles. The van der Waals surface area contributed by atoms with Gasteiger partial charge in [-0.3, -0.25) is 0 Å². The number of nitrogens with zero attached hydrogens (tertiary/aromatic N) is 1. The molecule has 90 valence electrons. The zero-order valence-corrected chi connectivity index (χ0v) is 9.73. The number of benzene rings is 1. The molecule has 1 aromatic carbocycles. The Bertz CT molecular complexity index is 572. The van der Waals surface area contributed by atoms with Gasteiger partial charge in [-0.05, 0) is 11.6 Å². The normalized spacial score (nSPS) is 10.4. The van der Waals surface area contributed by atoms with Gasteiger partial charge in [0.15, 0.2) is 0 Å². The van der Waals surface area contributed by atoms with Crippen molar-refractivity contribution in [2.45, 2.75) is 5.75 Å². The largest absolute Gasteiger partial charge is 0.465 e. The molecule has 0 N–H and O–H groups in total.